The number of hydrogen-bond donors (Lipinski definition) is 0. The van der Waals surface area contributed by atoms with E-state index in [9.17, 15) is 4.79 Å². The maximum Gasteiger partial charge on any atom is 0.309 e. The van der Waals surface area contributed by atoms with Gasteiger partial charge in [0.1, 0.15) is 0 Å². The Morgan fingerprint density at radius 1 is 1.50 bits per heavy atom. The summed E-state index contributed by atoms with van der Waals surface area (Å²) in [6, 6.07) is 0. The molecular formula is C16H28O2. The summed E-state index contributed by atoms with van der Waals surface area (Å²) in [7, 11) is 0. The molecule has 0 aromatic carbocycles. The second-order valence-electron chi connectivity index (χ2n) is 5.92. The van der Waals surface area contributed by atoms with Crippen LogP contribution in [-0.2, 0) is 9.53 Å². The molecule has 0 bridgehead atoms. The second kappa shape index (κ2) is 7.60. The standard InChI is InChI=1S/C16H28O2/c1-5-18-16(17)15-11-14(10-9-13(15)4)8-6-7-12(2)3/h10,12-13,15H,5-9,11H2,1-4H3. The van der Waals surface area contributed by atoms with Crippen molar-refractivity contribution in [1.29, 1.82) is 0 Å². The van der Waals surface area contributed by atoms with Gasteiger partial charge in [0.15, 0.2) is 0 Å². The van der Waals surface area contributed by atoms with Crippen molar-refractivity contribution >= 4 is 5.97 Å². The van der Waals surface area contributed by atoms with Crippen molar-refractivity contribution in [3.05, 3.63) is 11.6 Å². The van der Waals surface area contributed by atoms with Gasteiger partial charge in [-0.05, 0) is 44.4 Å². The zero-order valence-electron chi connectivity index (χ0n) is 12.4. The third-order valence-corrected chi connectivity index (χ3v) is 3.82. The fraction of sp³-hybridized carbons (Fsp3) is 0.812. The Labute approximate surface area is 112 Å². The van der Waals surface area contributed by atoms with Gasteiger partial charge in [0.25, 0.3) is 0 Å². The van der Waals surface area contributed by atoms with Crippen LogP contribution in [0.3, 0.4) is 0 Å². The summed E-state index contributed by atoms with van der Waals surface area (Å²) in [4.78, 5) is 11.9. The summed E-state index contributed by atoms with van der Waals surface area (Å²) >= 11 is 0. The van der Waals surface area contributed by atoms with Crippen molar-refractivity contribution in [2.24, 2.45) is 17.8 Å². The molecule has 0 amide bonds. The zero-order chi connectivity index (χ0) is 13.5. The highest BCUT2D eigenvalue weighted by Gasteiger charge is 2.29. The number of allylic oxidation sites excluding steroid dienone is 2. The minimum absolute atomic E-state index is 0.000500. The molecule has 0 aromatic rings. The summed E-state index contributed by atoms with van der Waals surface area (Å²) in [5.41, 5.74) is 1.46. The van der Waals surface area contributed by atoms with Crippen molar-refractivity contribution in [2.75, 3.05) is 6.61 Å². The molecule has 0 radical (unpaired) electrons. The van der Waals surface area contributed by atoms with Crippen molar-refractivity contribution in [3.63, 3.8) is 0 Å². The van der Waals surface area contributed by atoms with Gasteiger partial charge >= 0.3 is 5.97 Å². The smallest absolute Gasteiger partial charge is 0.309 e. The van der Waals surface area contributed by atoms with Gasteiger partial charge in [0, 0.05) is 0 Å². The number of hydrogen-bond acceptors (Lipinski definition) is 2. The molecule has 2 unspecified atom stereocenters. The minimum Gasteiger partial charge on any atom is -0.466 e. The average molecular weight is 252 g/mol. The molecule has 0 aromatic heterocycles. The third kappa shape index (κ3) is 4.83. The van der Waals surface area contributed by atoms with E-state index in [0.29, 0.717) is 12.5 Å². The molecule has 2 nitrogen and oxygen atoms in total. The molecule has 18 heavy (non-hydrogen) atoms. The van der Waals surface area contributed by atoms with Crippen LogP contribution < -0.4 is 0 Å². The van der Waals surface area contributed by atoms with Crippen LogP contribution in [0.1, 0.15) is 59.8 Å². The topological polar surface area (TPSA) is 26.3 Å². The molecule has 1 aliphatic carbocycles. The highest BCUT2D eigenvalue weighted by atomic mass is 16.5. The Hall–Kier alpha value is -0.790. The number of rotatable bonds is 6. The molecule has 0 aliphatic heterocycles. The first-order chi connectivity index (χ1) is 8.54. The van der Waals surface area contributed by atoms with Crippen LogP contribution in [0.5, 0.6) is 0 Å². The Balaban J connectivity index is 2.45. The van der Waals surface area contributed by atoms with Crippen molar-refractivity contribution in [1.82, 2.24) is 0 Å². The monoisotopic (exact) mass is 252 g/mol. The molecule has 0 heterocycles. The molecule has 2 heteroatoms. The summed E-state index contributed by atoms with van der Waals surface area (Å²) in [6.07, 6.45) is 7.96. The maximum atomic E-state index is 11.9. The fourth-order valence-corrected chi connectivity index (χ4v) is 2.59. The molecule has 0 saturated carbocycles. The summed E-state index contributed by atoms with van der Waals surface area (Å²) in [6.45, 7) is 9.06. The second-order valence-corrected chi connectivity index (χ2v) is 5.92. The zero-order valence-corrected chi connectivity index (χ0v) is 12.4. The van der Waals surface area contributed by atoms with E-state index >= 15 is 0 Å². The van der Waals surface area contributed by atoms with Gasteiger partial charge in [-0.3, -0.25) is 4.79 Å². The first-order valence-corrected chi connectivity index (χ1v) is 7.39. The van der Waals surface area contributed by atoms with Gasteiger partial charge in [0.05, 0.1) is 12.5 Å². The van der Waals surface area contributed by atoms with Crippen LogP contribution in [0.25, 0.3) is 0 Å². The van der Waals surface area contributed by atoms with Crippen LogP contribution in [0, 0.1) is 17.8 Å². The highest BCUT2D eigenvalue weighted by molar-refractivity contribution is 5.73. The van der Waals surface area contributed by atoms with E-state index in [1.165, 1.54) is 18.4 Å². The third-order valence-electron chi connectivity index (χ3n) is 3.82. The predicted molar refractivity (Wildman–Crippen MR) is 75.3 cm³/mol. The van der Waals surface area contributed by atoms with Crippen molar-refractivity contribution < 1.29 is 9.53 Å². The predicted octanol–water partition coefficient (Wildman–Crippen LogP) is 4.35. The number of carbonyl (C=O) groups is 1. The van der Waals surface area contributed by atoms with Crippen molar-refractivity contribution in [3.8, 4) is 0 Å². The maximum absolute atomic E-state index is 11.9. The fourth-order valence-electron chi connectivity index (χ4n) is 2.59. The van der Waals surface area contributed by atoms with E-state index in [-0.39, 0.29) is 11.9 Å². The average Bonchev–Trinajstić information content (AvgIpc) is 2.31. The quantitative estimate of drug-likeness (QED) is 0.519. The van der Waals surface area contributed by atoms with E-state index < -0.39 is 0 Å². The van der Waals surface area contributed by atoms with Gasteiger partial charge in [0.2, 0.25) is 0 Å². The Morgan fingerprint density at radius 3 is 2.83 bits per heavy atom. The molecule has 0 saturated heterocycles. The lowest BCUT2D eigenvalue weighted by atomic mass is 9.79. The van der Waals surface area contributed by atoms with Crippen LogP contribution in [0.4, 0.5) is 0 Å². The molecule has 0 N–H and O–H groups in total. The lowest BCUT2D eigenvalue weighted by molar-refractivity contribution is -0.150. The van der Waals surface area contributed by atoms with Gasteiger partial charge in [-0.15, -0.1) is 0 Å². The van der Waals surface area contributed by atoms with Gasteiger partial charge in [-0.25, -0.2) is 0 Å². The Morgan fingerprint density at radius 2 is 2.22 bits per heavy atom. The SMILES string of the molecule is CCOC(=O)C1CC(CCCC(C)C)=CCC1C. The minimum atomic E-state index is -0.000500. The normalized spacial score (nSPS) is 23.9. The Bertz CT molecular complexity index is 291. The van der Waals surface area contributed by atoms with Gasteiger partial charge < -0.3 is 4.74 Å². The summed E-state index contributed by atoms with van der Waals surface area (Å²) < 4.78 is 5.18. The van der Waals surface area contributed by atoms with Crippen LogP contribution in [-0.4, -0.2) is 12.6 Å². The Kier molecular flexibility index (Phi) is 6.45. The molecule has 2 atom stereocenters. The molecule has 104 valence electrons. The molecule has 0 spiro atoms. The first-order valence-electron chi connectivity index (χ1n) is 7.39. The highest BCUT2D eigenvalue weighted by Crippen LogP contribution is 2.32. The summed E-state index contributed by atoms with van der Waals surface area (Å²) in [5.74, 6) is 1.29. The number of ether oxygens (including phenoxy) is 1. The van der Waals surface area contributed by atoms with E-state index in [4.69, 9.17) is 4.74 Å². The van der Waals surface area contributed by atoms with Crippen LogP contribution in [0.2, 0.25) is 0 Å². The molecular weight excluding hydrogens is 224 g/mol. The van der Waals surface area contributed by atoms with Gasteiger partial charge in [-0.1, -0.05) is 38.8 Å². The first kappa shape index (κ1) is 15.3. The lowest BCUT2D eigenvalue weighted by Gasteiger charge is -2.27. The number of carbonyl (C=O) groups excluding carboxylic acids is 1. The largest absolute Gasteiger partial charge is 0.466 e. The number of esters is 1. The lowest BCUT2D eigenvalue weighted by Crippen LogP contribution is -2.27. The molecule has 0 fully saturated rings. The van der Waals surface area contributed by atoms with E-state index in [0.717, 1.165) is 25.2 Å². The molecule has 1 aliphatic rings. The van der Waals surface area contributed by atoms with Crippen LogP contribution in [0.15, 0.2) is 11.6 Å². The molecule has 1 rings (SSSR count). The van der Waals surface area contributed by atoms with Crippen LogP contribution >= 0.6 is 0 Å². The van der Waals surface area contributed by atoms with E-state index in [1.54, 1.807) is 0 Å². The van der Waals surface area contributed by atoms with E-state index in [1.807, 2.05) is 6.92 Å². The van der Waals surface area contributed by atoms with Crippen molar-refractivity contribution in [2.45, 2.75) is 59.8 Å². The van der Waals surface area contributed by atoms with E-state index in [2.05, 4.69) is 26.8 Å². The summed E-state index contributed by atoms with van der Waals surface area (Å²) in [5, 5.41) is 0. The van der Waals surface area contributed by atoms with Gasteiger partial charge in [-0.2, -0.15) is 0 Å².